The topological polar surface area (TPSA) is 42.4 Å². The first kappa shape index (κ1) is 17.9. The zero-order chi connectivity index (χ0) is 19.0. The summed E-state index contributed by atoms with van der Waals surface area (Å²) in [5.74, 6) is 1.46. The second-order valence-electron chi connectivity index (χ2n) is 6.75. The third-order valence-electron chi connectivity index (χ3n) is 5.04. The number of nitrogens with zero attached hydrogens (tertiary/aromatic N) is 5. The molecule has 0 radical (unpaired) electrons. The molecule has 0 amide bonds. The molecule has 0 unspecified atom stereocenters. The maximum atomic E-state index is 14.0. The van der Waals surface area contributed by atoms with Gasteiger partial charge in [0.25, 0.3) is 0 Å². The van der Waals surface area contributed by atoms with Crippen molar-refractivity contribution in [3.63, 3.8) is 0 Å². The van der Waals surface area contributed by atoms with Gasteiger partial charge in [0.15, 0.2) is 10.6 Å². The lowest BCUT2D eigenvalue weighted by molar-refractivity contribution is 0.194. The molecule has 0 spiro atoms. The molecular formula is C19H22FN5OS. The van der Waals surface area contributed by atoms with E-state index in [9.17, 15) is 4.39 Å². The van der Waals surface area contributed by atoms with Crippen molar-refractivity contribution >= 4 is 17.9 Å². The maximum Gasteiger partial charge on any atom is 0.199 e. The van der Waals surface area contributed by atoms with Gasteiger partial charge in [-0.25, -0.2) is 9.07 Å². The van der Waals surface area contributed by atoms with E-state index in [-0.39, 0.29) is 5.82 Å². The molecule has 142 valence electrons. The number of piperazine rings is 1. The highest BCUT2D eigenvalue weighted by atomic mass is 32.1. The molecule has 0 N–H and O–H groups in total. The Morgan fingerprint density at radius 3 is 2.56 bits per heavy atom. The standard InChI is InChI=1S/C19H22FN5OS/c1-14-15(7-12-26-14)18-21-25(19(27)22(18)2)13-23-8-10-24(11-9-23)17-6-4-3-5-16(17)20/h3-7,12H,8-11,13H2,1-2H3. The minimum absolute atomic E-state index is 0.169. The number of benzene rings is 1. The van der Waals surface area contributed by atoms with E-state index in [1.807, 2.05) is 41.4 Å². The summed E-state index contributed by atoms with van der Waals surface area (Å²) in [5, 5.41) is 4.70. The van der Waals surface area contributed by atoms with Crippen LogP contribution >= 0.6 is 12.2 Å². The third kappa shape index (κ3) is 3.42. The fourth-order valence-electron chi connectivity index (χ4n) is 3.46. The van der Waals surface area contributed by atoms with Gasteiger partial charge in [0.05, 0.1) is 24.2 Å². The number of hydrogen-bond acceptors (Lipinski definition) is 5. The van der Waals surface area contributed by atoms with E-state index in [4.69, 9.17) is 21.7 Å². The third-order valence-corrected chi connectivity index (χ3v) is 5.52. The van der Waals surface area contributed by atoms with Crippen molar-refractivity contribution in [2.24, 2.45) is 7.05 Å². The van der Waals surface area contributed by atoms with Gasteiger partial charge in [-0.05, 0) is 37.3 Å². The summed E-state index contributed by atoms with van der Waals surface area (Å²) in [4.78, 5) is 4.37. The van der Waals surface area contributed by atoms with Crippen LogP contribution in [0.3, 0.4) is 0 Å². The van der Waals surface area contributed by atoms with Crippen molar-refractivity contribution in [2.45, 2.75) is 13.6 Å². The van der Waals surface area contributed by atoms with Gasteiger partial charge in [-0.1, -0.05) is 12.1 Å². The van der Waals surface area contributed by atoms with E-state index in [0.717, 1.165) is 43.3 Å². The highest BCUT2D eigenvalue weighted by Gasteiger charge is 2.21. The van der Waals surface area contributed by atoms with E-state index >= 15 is 0 Å². The van der Waals surface area contributed by atoms with Gasteiger partial charge in [-0.15, -0.1) is 0 Å². The van der Waals surface area contributed by atoms with Gasteiger partial charge in [0, 0.05) is 33.2 Å². The molecule has 1 aliphatic rings. The Balaban J connectivity index is 1.46. The molecule has 0 atom stereocenters. The molecule has 2 aromatic heterocycles. The van der Waals surface area contributed by atoms with E-state index in [2.05, 4.69) is 9.80 Å². The number of halogens is 1. The first-order chi connectivity index (χ1) is 13.0. The molecule has 3 heterocycles. The highest BCUT2D eigenvalue weighted by molar-refractivity contribution is 7.71. The number of para-hydroxylation sites is 1. The average molecular weight is 387 g/mol. The average Bonchev–Trinajstić information content (AvgIpc) is 3.21. The van der Waals surface area contributed by atoms with Crippen molar-refractivity contribution in [3.05, 3.63) is 52.9 Å². The largest absolute Gasteiger partial charge is 0.469 e. The quantitative estimate of drug-likeness (QED) is 0.642. The first-order valence-electron chi connectivity index (χ1n) is 8.94. The first-order valence-corrected chi connectivity index (χ1v) is 9.35. The SMILES string of the molecule is Cc1occc1-c1nn(CN2CCN(c3ccccc3F)CC2)c(=S)n1C. The lowest BCUT2D eigenvalue weighted by Crippen LogP contribution is -2.47. The lowest BCUT2D eigenvalue weighted by atomic mass is 10.2. The van der Waals surface area contributed by atoms with Gasteiger partial charge in [-0.3, -0.25) is 4.90 Å². The van der Waals surface area contributed by atoms with Crippen LogP contribution in [0.25, 0.3) is 11.4 Å². The summed E-state index contributed by atoms with van der Waals surface area (Å²) in [6.07, 6.45) is 1.66. The van der Waals surface area contributed by atoms with Crippen molar-refractivity contribution in [2.75, 3.05) is 31.1 Å². The minimum Gasteiger partial charge on any atom is -0.469 e. The lowest BCUT2D eigenvalue weighted by Gasteiger charge is -2.35. The van der Waals surface area contributed by atoms with Crippen molar-refractivity contribution in [3.8, 4) is 11.4 Å². The van der Waals surface area contributed by atoms with Gasteiger partial charge in [0.1, 0.15) is 11.6 Å². The van der Waals surface area contributed by atoms with Crippen LogP contribution in [0.2, 0.25) is 0 Å². The minimum atomic E-state index is -0.169. The Labute approximate surface area is 162 Å². The molecule has 27 heavy (non-hydrogen) atoms. The van der Waals surface area contributed by atoms with Crippen molar-refractivity contribution in [1.29, 1.82) is 0 Å². The summed E-state index contributed by atoms with van der Waals surface area (Å²) in [7, 11) is 1.92. The van der Waals surface area contributed by atoms with Crippen LogP contribution in [0, 0.1) is 17.5 Å². The molecule has 0 bridgehead atoms. The number of rotatable bonds is 4. The molecule has 0 aliphatic carbocycles. The Morgan fingerprint density at radius 2 is 1.89 bits per heavy atom. The summed E-state index contributed by atoms with van der Waals surface area (Å²) >= 11 is 5.56. The fourth-order valence-corrected chi connectivity index (χ4v) is 3.64. The fraction of sp³-hybridized carbons (Fsp3) is 0.368. The normalized spacial score (nSPS) is 15.4. The van der Waals surface area contributed by atoms with Crippen LogP contribution in [0.15, 0.2) is 41.0 Å². The molecule has 0 saturated carbocycles. The molecule has 1 aromatic carbocycles. The van der Waals surface area contributed by atoms with Crippen LogP contribution < -0.4 is 4.90 Å². The second-order valence-corrected chi connectivity index (χ2v) is 7.12. The van der Waals surface area contributed by atoms with Gasteiger partial charge in [-0.2, -0.15) is 5.10 Å². The highest BCUT2D eigenvalue weighted by Crippen LogP contribution is 2.23. The maximum absolute atomic E-state index is 14.0. The van der Waals surface area contributed by atoms with E-state index in [0.29, 0.717) is 17.1 Å². The van der Waals surface area contributed by atoms with E-state index in [1.165, 1.54) is 6.07 Å². The monoisotopic (exact) mass is 387 g/mol. The Kier molecular flexibility index (Phi) is 4.84. The van der Waals surface area contributed by atoms with Crippen LogP contribution in [-0.2, 0) is 13.7 Å². The van der Waals surface area contributed by atoms with E-state index < -0.39 is 0 Å². The Morgan fingerprint density at radius 1 is 1.15 bits per heavy atom. The Hall–Kier alpha value is -2.45. The summed E-state index contributed by atoms with van der Waals surface area (Å²) in [5.41, 5.74) is 1.62. The summed E-state index contributed by atoms with van der Waals surface area (Å²) in [6, 6.07) is 8.84. The zero-order valence-electron chi connectivity index (χ0n) is 15.4. The van der Waals surface area contributed by atoms with Crippen LogP contribution in [0.4, 0.5) is 10.1 Å². The molecule has 6 nitrogen and oxygen atoms in total. The number of hydrogen-bond donors (Lipinski definition) is 0. The predicted octanol–water partition coefficient (Wildman–Crippen LogP) is 3.44. The van der Waals surface area contributed by atoms with Gasteiger partial charge < -0.3 is 13.9 Å². The molecule has 1 saturated heterocycles. The zero-order valence-corrected chi connectivity index (χ0v) is 16.2. The van der Waals surface area contributed by atoms with E-state index in [1.54, 1.807) is 12.3 Å². The van der Waals surface area contributed by atoms with Crippen LogP contribution in [0.5, 0.6) is 0 Å². The molecule has 4 rings (SSSR count). The smallest absolute Gasteiger partial charge is 0.199 e. The Bertz CT molecular complexity index is 1000. The number of aromatic nitrogens is 3. The molecule has 1 aliphatic heterocycles. The number of furan rings is 1. The van der Waals surface area contributed by atoms with Gasteiger partial charge in [0.2, 0.25) is 0 Å². The number of aryl methyl sites for hydroxylation is 1. The molecule has 8 heteroatoms. The van der Waals surface area contributed by atoms with Crippen molar-refractivity contribution in [1.82, 2.24) is 19.2 Å². The molecular weight excluding hydrogens is 365 g/mol. The van der Waals surface area contributed by atoms with Crippen LogP contribution in [0.1, 0.15) is 5.76 Å². The summed E-state index contributed by atoms with van der Waals surface area (Å²) < 4.78 is 23.8. The predicted molar refractivity (Wildman–Crippen MR) is 105 cm³/mol. The summed E-state index contributed by atoms with van der Waals surface area (Å²) in [6.45, 7) is 5.73. The molecule has 1 fully saturated rings. The van der Waals surface area contributed by atoms with Crippen molar-refractivity contribution < 1.29 is 8.81 Å². The van der Waals surface area contributed by atoms with Gasteiger partial charge >= 0.3 is 0 Å². The molecule has 3 aromatic rings. The number of anilines is 1. The second kappa shape index (κ2) is 7.28. The van der Waals surface area contributed by atoms with Crippen LogP contribution in [-0.4, -0.2) is 45.4 Å².